The fraction of sp³-hybridized carbons (Fsp3) is 0.370. The second kappa shape index (κ2) is 8.69. The predicted octanol–water partition coefficient (Wildman–Crippen LogP) is 1.76. The topological polar surface area (TPSA) is 165 Å². The summed E-state index contributed by atoms with van der Waals surface area (Å²) < 4.78 is 0. The van der Waals surface area contributed by atoms with Crippen molar-refractivity contribution in [1.82, 2.24) is 4.90 Å². The van der Waals surface area contributed by atoms with Crippen LogP contribution >= 0.6 is 11.3 Å². The van der Waals surface area contributed by atoms with Crippen molar-refractivity contribution >= 4 is 40.3 Å². The zero-order valence-electron chi connectivity index (χ0n) is 21.3. The molecule has 11 heteroatoms. The van der Waals surface area contributed by atoms with Crippen molar-refractivity contribution in [2.75, 3.05) is 33.1 Å². The molecular weight excluding hydrogens is 510 g/mol. The summed E-state index contributed by atoms with van der Waals surface area (Å²) in [4.78, 5) is 42.7. The zero-order chi connectivity index (χ0) is 27.8. The van der Waals surface area contributed by atoms with Gasteiger partial charge in [-0.15, -0.1) is 0 Å². The van der Waals surface area contributed by atoms with E-state index in [2.05, 4.69) is 0 Å². The number of aliphatic hydroxyl groups excluding tert-OH is 2. The van der Waals surface area contributed by atoms with Crippen LogP contribution in [0.1, 0.15) is 17.5 Å². The number of ketones is 2. The predicted molar refractivity (Wildman–Crippen MR) is 142 cm³/mol. The van der Waals surface area contributed by atoms with Gasteiger partial charge in [-0.2, -0.15) is 11.3 Å². The Kier molecular flexibility index (Phi) is 5.93. The molecule has 3 aliphatic rings. The molecule has 1 aromatic carbocycles. The molecule has 3 aliphatic carbocycles. The number of phenolic OH excluding ortho intramolecular Hbond substituents is 1. The molecule has 0 radical (unpaired) electrons. The standard InChI is InChI=1S/C27H29N3O7S/c1-29(2)16-9-13(11-5-6-38-10-11)21(31)18-14(16)7-12-8-15-20(30(3)4)23(33)19(26(28)36)25(35)27(15,37)24(34)17(12)22(18)32/h5-6,9-10,12,15,20,31-32,35,37H,7-8H2,1-4H3,(H2,28,36)/t12-,15-,20-,27-/m0/s1. The Labute approximate surface area is 222 Å². The first-order chi connectivity index (χ1) is 17.8. The normalized spacial score (nSPS) is 26.8. The van der Waals surface area contributed by atoms with Gasteiger partial charge in [0.2, 0.25) is 5.78 Å². The molecule has 0 saturated heterocycles. The molecule has 10 nitrogen and oxygen atoms in total. The summed E-state index contributed by atoms with van der Waals surface area (Å²) in [6, 6.07) is 2.54. The van der Waals surface area contributed by atoms with Gasteiger partial charge in [-0.3, -0.25) is 19.3 Å². The minimum Gasteiger partial charge on any atom is -0.508 e. The number of primary amides is 1. The van der Waals surface area contributed by atoms with Gasteiger partial charge in [0.1, 0.15) is 22.8 Å². The van der Waals surface area contributed by atoms with Crippen LogP contribution in [-0.4, -0.2) is 82.6 Å². The lowest BCUT2D eigenvalue weighted by Gasteiger charge is -2.50. The number of hydrogen-bond donors (Lipinski definition) is 5. The third-order valence-electron chi connectivity index (χ3n) is 8.01. The summed E-state index contributed by atoms with van der Waals surface area (Å²) >= 11 is 1.44. The van der Waals surface area contributed by atoms with Gasteiger partial charge < -0.3 is 31.1 Å². The Morgan fingerprint density at radius 2 is 1.84 bits per heavy atom. The van der Waals surface area contributed by atoms with E-state index in [1.165, 1.54) is 16.2 Å². The van der Waals surface area contributed by atoms with Crippen LogP contribution in [0.5, 0.6) is 5.75 Å². The van der Waals surface area contributed by atoms with Gasteiger partial charge in [0.25, 0.3) is 5.91 Å². The quantitative estimate of drug-likeness (QED) is 0.364. The molecule has 1 saturated carbocycles. The highest BCUT2D eigenvalue weighted by molar-refractivity contribution is 7.08. The van der Waals surface area contributed by atoms with E-state index in [-0.39, 0.29) is 29.7 Å². The Balaban J connectivity index is 1.78. The molecule has 0 unspecified atom stereocenters. The van der Waals surface area contributed by atoms with Gasteiger partial charge in [-0.05, 0) is 66.9 Å². The van der Waals surface area contributed by atoms with Crippen LogP contribution in [0.25, 0.3) is 16.9 Å². The van der Waals surface area contributed by atoms with Crippen LogP contribution in [0.15, 0.2) is 39.8 Å². The van der Waals surface area contributed by atoms with Crippen LogP contribution in [0.4, 0.5) is 5.69 Å². The van der Waals surface area contributed by atoms with E-state index in [0.717, 1.165) is 11.3 Å². The number of carbonyl (C=O) groups excluding carboxylic acids is 3. The number of nitrogens with zero attached hydrogens (tertiary/aromatic N) is 2. The van der Waals surface area contributed by atoms with E-state index >= 15 is 0 Å². The molecule has 6 N–H and O–H groups in total. The van der Waals surface area contributed by atoms with Crippen molar-refractivity contribution in [2.24, 2.45) is 17.6 Å². The number of fused-ring (bicyclic) bond motifs is 3. The first-order valence-electron chi connectivity index (χ1n) is 12.1. The number of carbonyl (C=O) groups is 3. The first kappa shape index (κ1) is 26.0. The van der Waals surface area contributed by atoms with E-state index in [0.29, 0.717) is 11.1 Å². The van der Waals surface area contributed by atoms with Crippen LogP contribution in [0, 0.1) is 11.8 Å². The van der Waals surface area contributed by atoms with E-state index in [4.69, 9.17) is 5.73 Å². The lowest BCUT2D eigenvalue weighted by molar-refractivity contribution is -0.153. The maximum atomic E-state index is 14.0. The summed E-state index contributed by atoms with van der Waals surface area (Å²) in [5.74, 6) is -6.60. The van der Waals surface area contributed by atoms with Crippen molar-refractivity contribution < 1.29 is 34.8 Å². The fourth-order valence-electron chi connectivity index (χ4n) is 6.33. The largest absolute Gasteiger partial charge is 0.508 e. The lowest BCUT2D eigenvalue weighted by atomic mass is 9.57. The third kappa shape index (κ3) is 3.35. The molecule has 4 atom stereocenters. The highest BCUT2D eigenvalue weighted by Gasteiger charge is 2.64. The van der Waals surface area contributed by atoms with Crippen LogP contribution in [0.2, 0.25) is 0 Å². The molecule has 1 fully saturated rings. The van der Waals surface area contributed by atoms with Gasteiger partial charge >= 0.3 is 0 Å². The van der Waals surface area contributed by atoms with Crippen molar-refractivity contribution in [3.63, 3.8) is 0 Å². The minimum absolute atomic E-state index is 0.0473. The number of phenols is 1. The number of aliphatic hydroxyl groups is 3. The maximum Gasteiger partial charge on any atom is 0.255 e. The number of amides is 1. The van der Waals surface area contributed by atoms with E-state index in [9.17, 15) is 34.8 Å². The van der Waals surface area contributed by atoms with Gasteiger partial charge in [0.15, 0.2) is 11.4 Å². The first-order valence-corrected chi connectivity index (χ1v) is 13.0. The van der Waals surface area contributed by atoms with Crippen molar-refractivity contribution in [3.05, 3.63) is 50.9 Å². The molecule has 1 amide bonds. The van der Waals surface area contributed by atoms with E-state index in [1.54, 1.807) is 14.1 Å². The van der Waals surface area contributed by atoms with Crippen molar-refractivity contribution in [2.45, 2.75) is 24.5 Å². The summed E-state index contributed by atoms with van der Waals surface area (Å²) in [5.41, 5.74) is 4.35. The molecule has 0 aliphatic heterocycles. The highest BCUT2D eigenvalue weighted by atomic mass is 32.1. The van der Waals surface area contributed by atoms with Crippen LogP contribution < -0.4 is 10.6 Å². The maximum absolute atomic E-state index is 14.0. The molecule has 1 heterocycles. The van der Waals surface area contributed by atoms with Gasteiger partial charge in [-0.25, -0.2) is 0 Å². The average molecular weight is 540 g/mol. The Morgan fingerprint density at radius 3 is 2.39 bits per heavy atom. The number of hydrogen-bond acceptors (Lipinski definition) is 10. The molecular formula is C27H29N3O7S. The molecule has 0 bridgehead atoms. The van der Waals surface area contributed by atoms with Crippen LogP contribution in [-0.2, 0) is 20.8 Å². The number of nitrogens with two attached hydrogens (primary N) is 1. The second-order valence-electron chi connectivity index (χ2n) is 10.5. The number of rotatable bonds is 4. The number of aromatic hydroxyl groups is 1. The molecule has 5 rings (SSSR count). The number of Topliss-reactive ketones (excluding diaryl/α,β-unsaturated/α-hetero) is 2. The molecule has 1 aromatic heterocycles. The number of likely N-dealkylation sites (N-methyl/N-ethyl adjacent to an activating group) is 1. The fourth-order valence-corrected chi connectivity index (χ4v) is 6.98. The average Bonchev–Trinajstić information content (AvgIpc) is 3.35. The molecule has 0 spiro atoms. The second-order valence-corrected chi connectivity index (χ2v) is 11.3. The van der Waals surface area contributed by atoms with Crippen molar-refractivity contribution in [1.29, 1.82) is 0 Å². The van der Waals surface area contributed by atoms with Crippen molar-refractivity contribution in [3.8, 4) is 16.9 Å². The number of thiophene rings is 1. The Hall–Kier alpha value is -3.67. The Bertz CT molecular complexity index is 1460. The minimum atomic E-state index is -2.66. The monoisotopic (exact) mass is 539 g/mol. The number of benzene rings is 1. The summed E-state index contributed by atoms with van der Waals surface area (Å²) in [7, 11) is 6.81. The molecule has 2 aromatic rings. The molecule has 38 heavy (non-hydrogen) atoms. The van der Waals surface area contributed by atoms with Gasteiger partial charge in [0, 0.05) is 36.8 Å². The SMILES string of the molecule is CN(C)c1cc(-c2ccsc2)c(O)c2c1C[C@H]1C[C@H]3[C@H](N(C)C)C(=O)C(C(N)=O)=C(O)[C@@]3(O)C(=O)C1=C2O. The zero-order valence-corrected chi connectivity index (χ0v) is 22.2. The van der Waals surface area contributed by atoms with E-state index in [1.807, 2.05) is 41.9 Å². The third-order valence-corrected chi connectivity index (χ3v) is 8.69. The lowest BCUT2D eigenvalue weighted by Crippen LogP contribution is -2.65. The summed E-state index contributed by atoms with van der Waals surface area (Å²) in [5, 5.41) is 49.3. The van der Waals surface area contributed by atoms with Gasteiger partial charge in [0.05, 0.1) is 11.6 Å². The smallest absolute Gasteiger partial charge is 0.255 e. The van der Waals surface area contributed by atoms with Gasteiger partial charge in [-0.1, -0.05) is 0 Å². The number of anilines is 1. The van der Waals surface area contributed by atoms with E-state index < -0.39 is 58.0 Å². The summed E-state index contributed by atoms with van der Waals surface area (Å²) in [6.07, 6.45) is 0.283. The Morgan fingerprint density at radius 1 is 1.16 bits per heavy atom. The molecule has 200 valence electrons. The van der Waals surface area contributed by atoms with Crippen LogP contribution in [0.3, 0.4) is 0 Å². The highest BCUT2D eigenvalue weighted by Crippen LogP contribution is 2.54. The summed E-state index contributed by atoms with van der Waals surface area (Å²) in [6.45, 7) is 0.